The maximum Gasteiger partial charge on any atom is 0.404 e. The SMILES string of the molecule is Cc1nnc(CN[C@H](C2CCCC2)C(F)(F)F)o1. The van der Waals surface area contributed by atoms with Gasteiger partial charge in [-0.25, -0.2) is 0 Å². The molecular formula is C11H16F3N3O. The fourth-order valence-corrected chi connectivity index (χ4v) is 2.45. The summed E-state index contributed by atoms with van der Waals surface area (Å²) in [7, 11) is 0. The summed E-state index contributed by atoms with van der Waals surface area (Å²) in [5.41, 5.74) is 0. The topological polar surface area (TPSA) is 51.0 Å². The van der Waals surface area contributed by atoms with Crippen molar-refractivity contribution in [1.29, 1.82) is 0 Å². The van der Waals surface area contributed by atoms with Crippen molar-refractivity contribution >= 4 is 0 Å². The van der Waals surface area contributed by atoms with Crippen LogP contribution < -0.4 is 5.32 Å². The molecule has 1 aliphatic rings. The average molecular weight is 263 g/mol. The molecule has 1 saturated carbocycles. The van der Waals surface area contributed by atoms with E-state index in [9.17, 15) is 13.2 Å². The second-order valence-corrected chi connectivity index (χ2v) is 4.66. The molecule has 0 bridgehead atoms. The number of halogens is 3. The molecule has 1 aliphatic carbocycles. The first-order valence-electron chi connectivity index (χ1n) is 6.06. The highest BCUT2D eigenvalue weighted by Crippen LogP contribution is 2.35. The van der Waals surface area contributed by atoms with Crippen molar-refractivity contribution in [2.45, 2.75) is 51.4 Å². The highest BCUT2D eigenvalue weighted by molar-refractivity contribution is 4.88. The normalized spacial score (nSPS) is 19.3. The van der Waals surface area contributed by atoms with E-state index in [4.69, 9.17) is 4.42 Å². The van der Waals surface area contributed by atoms with Gasteiger partial charge in [-0.15, -0.1) is 10.2 Å². The molecule has 1 atom stereocenters. The summed E-state index contributed by atoms with van der Waals surface area (Å²) in [5.74, 6) is 0.213. The lowest BCUT2D eigenvalue weighted by molar-refractivity contribution is -0.168. The quantitative estimate of drug-likeness (QED) is 0.907. The molecule has 1 fully saturated rings. The van der Waals surface area contributed by atoms with Crippen LogP contribution in [0.1, 0.15) is 37.5 Å². The molecule has 0 saturated heterocycles. The predicted octanol–water partition coefficient (Wildman–Crippen LogP) is 2.59. The van der Waals surface area contributed by atoms with E-state index in [1.54, 1.807) is 6.92 Å². The summed E-state index contributed by atoms with van der Waals surface area (Å²) >= 11 is 0. The zero-order chi connectivity index (χ0) is 13.2. The fraction of sp³-hybridized carbons (Fsp3) is 0.818. The van der Waals surface area contributed by atoms with Crippen molar-refractivity contribution in [3.63, 3.8) is 0 Å². The lowest BCUT2D eigenvalue weighted by atomic mass is 9.97. The molecule has 0 aromatic carbocycles. The molecule has 0 spiro atoms. The van der Waals surface area contributed by atoms with Gasteiger partial charge >= 0.3 is 6.18 Å². The molecule has 4 nitrogen and oxygen atoms in total. The van der Waals surface area contributed by atoms with Crippen LogP contribution in [0, 0.1) is 12.8 Å². The summed E-state index contributed by atoms with van der Waals surface area (Å²) in [6.45, 7) is 1.57. The Labute approximate surface area is 103 Å². The molecule has 1 N–H and O–H groups in total. The van der Waals surface area contributed by atoms with Gasteiger partial charge in [-0.05, 0) is 18.8 Å². The van der Waals surface area contributed by atoms with E-state index in [2.05, 4.69) is 15.5 Å². The van der Waals surface area contributed by atoms with E-state index in [1.807, 2.05) is 0 Å². The van der Waals surface area contributed by atoms with Gasteiger partial charge in [0.2, 0.25) is 11.8 Å². The van der Waals surface area contributed by atoms with Crippen molar-refractivity contribution < 1.29 is 17.6 Å². The maximum absolute atomic E-state index is 13.0. The van der Waals surface area contributed by atoms with Crippen LogP contribution in [0.5, 0.6) is 0 Å². The molecule has 0 amide bonds. The van der Waals surface area contributed by atoms with Crippen molar-refractivity contribution in [3.8, 4) is 0 Å². The molecule has 0 aliphatic heterocycles. The zero-order valence-corrected chi connectivity index (χ0v) is 10.1. The van der Waals surface area contributed by atoms with Crippen LogP contribution in [0.25, 0.3) is 0 Å². The zero-order valence-electron chi connectivity index (χ0n) is 10.1. The Morgan fingerprint density at radius 3 is 2.50 bits per heavy atom. The summed E-state index contributed by atoms with van der Waals surface area (Å²) in [4.78, 5) is 0. The Balaban J connectivity index is 1.97. The Morgan fingerprint density at radius 2 is 2.00 bits per heavy atom. The number of alkyl halides is 3. The van der Waals surface area contributed by atoms with Gasteiger partial charge in [0, 0.05) is 6.92 Å². The van der Waals surface area contributed by atoms with Gasteiger partial charge in [-0.3, -0.25) is 5.32 Å². The first-order valence-corrected chi connectivity index (χ1v) is 6.06. The van der Waals surface area contributed by atoms with Gasteiger partial charge in [0.1, 0.15) is 6.04 Å². The summed E-state index contributed by atoms with van der Waals surface area (Å²) < 4.78 is 43.9. The Morgan fingerprint density at radius 1 is 1.33 bits per heavy atom. The number of nitrogens with zero attached hydrogens (tertiary/aromatic N) is 2. The monoisotopic (exact) mass is 263 g/mol. The van der Waals surface area contributed by atoms with Gasteiger partial charge in [-0.2, -0.15) is 13.2 Å². The lowest BCUT2D eigenvalue weighted by Gasteiger charge is -2.26. The van der Waals surface area contributed by atoms with Crippen molar-refractivity contribution in [2.24, 2.45) is 5.92 Å². The van der Waals surface area contributed by atoms with Gasteiger partial charge < -0.3 is 4.42 Å². The summed E-state index contributed by atoms with van der Waals surface area (Å²) in [6.07, 6.45) is -1.23. The van der Waals surface area contributed by atoms with Crippen LogP contribution in [-0.4, -0.2) is 22.4 Å². The van der Waals surface area contributed by atoms with Gasteiger partial charge in [0.05, 0.1) is 6.54 Å². The number of rotatable bonds is 4. The Bertz CT molecular complexity index is 385. The third kappa shape index (κ3) is 3.22. The maximum atomic E-state index is 13.0. The number of aromatic nitrogens is 2. The average Bonchev–Trinajstić information content (AvgIpc) is 2.88. The number of aryl methyl sites for hydroxylation is 1. The minimum Gasteiger partial charge on any atom is -0.424 e. The van der Waals surface area contributed by atoms with E-state index in [0.717, 1.165) is 12.8 Å². The highest BCUT2D eigenvalue weighted by atomic mass is 19.4. The van der Waals surface area contributed by atoms with Crippen LogP contribution in [0.2, 0.25) is 0 Å². The second-order valence-electron chi connectivity index (χ2n) is 4.66. The summed E-state index contributed by atoms with van der Waals surface area (Å²) in [6, 6.07) is -1.48. The number of nitrogens with one attached hydrogen (secondary N) is 1. The smallest absolute Gasteiger partial charge is 0.404 e. The van der Waals surface area contributed by atoms with Crippen molar-refractivity contribution in [3.05, 3.63) is 11.8 Å². The minimum absolute atomic E-state index is 0.0402. The molecule has 1 aromatic rings. The molecule has 0 radical (unpaired) electrons. The van der Waals surface area contributed by atoms with Gasteiger partial charge in [0.25, 0.3) is 0 Å². The molecule has 1 heterocycles. The molecule has 1 aromatic heterocycles. The van der Waals surface area contributed by atoms with Crippen LogP contribution in [-0.2, 0) is 6.54 Å². The van der Waals surface area contributed by atoms with Crippen LogP contribution in [0.15, 0.2) is 4.42 Å². The summed E-state index contributed by atoms with van der Waals surface area (Å²) in [5, 5.41) is 9.78. The van der Waals surface area contributed by atoms with Gasteiger partial charge in [-0.1, -0.05) is 12.8 Å². The molecule has 7 heteroatoms. The molecule has 0 unspecified atom stereocenters. The van der Waals surface area contributed by atoms with Crippen molar-refractivity contribution in [1.82, 2.24) is 15.5 Å². The fourth-order valence-electron chi connectivity index (χ4n) is 2.45. The third-order valence-electron chi connectivity index (χ3n) is 3.26. The minimum atomic E-state index is -4.23. The predicted molar refractivity (Wildman–Crippen MR) is 57.7 cm³/mol. The van der Waals surface area contributed by atoms with Crippen molar-refractivity contribution in [2.75, 3.05) is 0 Å². The van der Waals surface area contributed by atoms with E-state index >= 15 is 0 Å². The number of hydrogen-bond acceptors (Lipinski definition) is 4. The Kier molecular flexibility index (Phi) is 3.89. The largest absolute Gasteiger partial charge is 0.424 e. The number of hydrogen-bond donors (Lipinski definition) is 1. The molecular weight excluding hydrogens is 247 g/mol. The molecule has 2 rings (SSSR count). The first kappa shape index (κ1) is 13.3. The van der Waals surface area contributed by atoms with E-state index in [0.29, 0.717) is 18.7 Å². The lowest BCUT2D eigenvalue weighted by Crippen LogP contribution is -2.46. The Hall–Kier alpha value is -1.11. The third-order valence-corrected chi connectivity index (χ3v) is 3.26. The van der Waals surface area contributed by atoms with Gasteiger partial charge in [0.15, 0.2) is 0 Å². The highest BCUT2D eigenvalue weighted by Gasteiger charge is 2.45. The standard InChI is InChI=1S/C11H16F3N3O/c1-7-16-17-9(18-7)6-15-10(11(12,13)14)8-4-2-3-5-8/h8,10,15H,2-6H2,1H3/t10-/m1/s1. The van der Waals surface area contributed by atoms with Crippen LogP contribution >= 0.6 is 0 Å². The second kappa shape index (κ2) is 5.26. The first-order chi connectivity index (χ1) is 8.47. The van der Waals surface area contributed by atoms with E-state index in [1.165, 1.54) is 0 Å². The van der Waals surface area contributed by atoms with Crippen LogP contribution in [0.4, 0.5) is 13.2 Å². The molecule has 18 heavy (non-hydrogen) atoms. The molecule has 102 valence electrons. The van der Waals surface area contributed by atoms with Crippen LogP contribution in [0.3, 0.4) is 0 Å². The van der Waals surface area contributed by atoms with E-state index in [-0.39, 0.29) is 18.4 Å². The van der Waals surface area contributed by atoms with E-state index < -0.39 is 12.2 Å².